The van der Waals surface area contributed by atoms with Gasteiger partial charge in [-0.15, -0.1) is 0 Å². The minimum Gasteiger partial charge on any atom is -0.458 e. The van der Waals surface area contributed by atoms with E-state index in [9.17, 15) is 14.7 Å². The van der Waals surface area contributed by atoms with Gasteiger partial charge in [-0.05, 0) is 36.0 Å². The van der Waals surface area contributed by atoms with Gasteiger partial charge in [-0.3, -0.25) is 9.59 Å². The topological polar surface area (TPSA) is 89.6 Å². The van der Waals surface area contributed by atoms with Crippen molar-refractivity contribution in [2.75, 3.05) is 0 Å². The molecule has 0 aliphatic carbocycles. The number of benzene rings is 3. The predicted molar refractivity (Wildman–Crippen MR) is 138 cm³/mol. The van der Waals surface area contributed by atoms with E-state index in [-0.39, 0.29) is 24.2 Å². The first-order chi connectivity index (χ1) is 16.9. The highest BCUT2D eigenvalue weighted by molar-refractivity contribution is 5.98. The molecule has 4 rings (SSSR count). The van der Waals surface area contributed by atoms with Gasteiger partial charge in [0, 0.05) is 6.42 Å². The van der Waals surface area contributed by atoms with Gasteiger partial charge in [-0.1, -0.05) is 104 Å². The van der Waals surface area contributed by atoms with Gasteiger partial charge in [0.05, 0.1) is 12.1 Å². The van der Waals surface area contributed by atoms with Crippen molar-refractivity contribution in [1.29, 1.82) is 0 Å². The minimum atomic E-state index is -0.663. The lowest BCUT2D eigenvalue weighted by atomic mass is 9.83. The fraction of sp³-hybridized carbons (Fsp3) is 0.333. The van der Waals surface area contributed by atoms with Crippen molar-refractivity contribution in [3.8, 4) is 0 Å². The molecular formula is C30H35NO4. The Bertz CT molecular complexity index is 994. The summed E-state index contributed by atoms with van der Waals surface area (Å²) < 4.78 is 5.55. The number of hydrogen-bond donors (Lipinski definition) is 2. The van der Waals surface area contributed by atoms with Crippen LogP contribution >= 0.6 is 0 Å². The maximum atomic E-state index is 11.7. The number of nitrogens with two attached hydrogens (primary N) is 1. The van der Waals surface area contributed by atoms with Crippen LogP contribution < -0.4 is 5.73 Å². The third-order valence-electron chi connectivity index (χ3n) is 6.27. The zero-order valence-corrected chi connectivity index (χ0v) is 20.3. The van der Waals surface area contributed by atoms with Gasteiger partial charge in [0.25, 0.3) is 0 Å². The lowest BCUT2D eigenvalue weighted by molar-refractivity contribution is -0.172. The van der Waals surface area contributed by atoms with Gasteiger partial charge in [0.1, 0.15) is 17.8 Å². The second kappa shape index (κ2) is 13.0. The SMILES string of the molecule is CCC[C@]1(CCc2ccccc2)CC(=O)CC(=O)O1.N[C@@H](c1ccccc1)[C@H](O)c1ccccc1. The number of carbonyl (C=O) groups is 2. The molecule has 184 valence electrons. The van der Waals surface area contributed by atoms with Crippen LogP contribution in [0.4, 0.5) is 0 Å². The molecule has 3 atom stereocenters. The summed E-state index contributed by atoms with van der Waals surface area (Å²) in [5, 5.41) is 10.1. The number of esters is 1. The number of aliphatic hydroxyl groups excluding tert-OH is 1. The molecule has 3 N–H and O–H groups in total. The zero-order chi connectivity index (χ0) is 25.1. The molecular weight excluding hydrogens is 438 g/mol. The van der Waals surface area contributed by atoms with Crippen LogP contribution in [0.2, 0.25) is 0 Å². The number of ether oxygens (including phenoxy) is 1. The van der Waals surface area contributed by atoms with Crippen molar-refractivity contribution in [2.45, 2.75) is 63.2 Å². The van der Waals surface area contributed by atoms with Crippen LogP contribution in [0.15, 0.2) is 91.0 Å². The van der Waals surface area contributed by atoms with Crippen molar-refractivity contribution in [1.82, 2.24) is 0 Å². The van der Waals surface area contributed by atoms with E-state index in [0.717, 1.165) is 36.8 Å². The van der Waals surface area contributed by atoms with E-state index in [0.29, 0.717) is 6.42 Å². The minimum absolute atomic E-state index is 0.0118. The van der Waals surface area contributed by atoms with Crippen molar-refractivity contribution >= 4 is 11.8 Å². The molecule has 1 heterocycles. The quantitative estimate of drug-likeness (QED) is 0.334. The zero-order valence-electron chi connectivity index (χ0n) is 20.3. The summed E-state index contributed by atoms with van der Waals surface area (Å²) in [6.45, 7) is 2.05. The van der Waals surface area contributed by atoms with Crippen LogP contribution in [0, 0.1) is 0 Å². The fourth-order valence-corrected chi connectivity index (χ4v) is 4.49. The van der Waals surface area contributed by atoms with Crippen LogP contribution in [-0.2, 0) is 20.7 Å². The van der Waals surface area contributed by atoms with Crippen molar-refractivity contribution in [2.24, 2.45) is 5.73 Å². The average Bonchev–Trinajstić information content (AvgIpc) is 2.88. The Morgan fingerprint density at radius 3 is 1.94 bits per heavy atom. The number of ketones is 1. The van der Waals surface area contributed by atoms with E-state index in [2.05, 4.69) is 19.1 Å². The molecule has 3 aromatic carbocycles. The van der Waals surface area contributed by atoms with Crippen LogP contribution in [0.1, 0.15) is 67.9 Å². The van der Waals surface area contributed by atoms with E-state index in [4.69, 9.17) is 10.5 Å². The highest BCUT2D eigenvalue weighted by Gasteiger charge is 2.40. The monoisotopic (exact) mass is 473 g/mol. The Labute approximate surface area is 207 Å². The predicted octanol–water partition coefficient (Wildman–Crippen LogP) is 5.48. The van der Waals surface area contributed by atoms with Crippen LogP contribution in [0.25, 0.3) is 0 Å². The molecule has 0 saturated carbocycles. The fourth-order valence-electron chi connectivity index (χ4n) is 4.49. The Morgan fingerprint density at radius 2 is 1.40 bits per heavy atom. The van der Waals surface area contributed by atoms with Gasteiger partial charge in [-0.25, -0.2) is 0 Å². The molecule has 1 aliphatic heterocycles. The molecule has 5 heteroatoms. The Morgan fingerprint density at radius 1 is 0.857 bits per heavy atom. The van der Waals surface area contributed by atoms with Crippen molar-refractivity contribution in [3.63, 3.8) is 0 Å². The summed E-state index contributed by atoms with van der Waals surface area (Å²) in [6.07, 6.45) is 2.88. The van der Waals surface area contributed by atoms with Crippen LogP contribution in [0.3, 0.4) is 0 Å². The molecule has 0 unspecified atom stereocenters. The molecule has 35 heavy (non-hydrogen) atoms. The molecule has 0 amide bonds. The number of aryl methyl sites for hydroxylation is 1. The molecule has 5 nitrogen and oxygen atoms in total. The number of aliphatic hydroxyl groups is 1. The van der Waals surface area contributed by atoms with Crippen molar-refractivity contribution < 1.29 is 19.4 Å². The third-order valence-corrected chi connectivity index (χ3v) is 6.27. The summed E-state index contributed by atoms with van der Waals surface area (Å²) >= 11 is 0. The van der Waals surface area contributed by atoms with Gasteiger partial charge >= 0.3 is 5.97 Å². The molecule has 3 aromatic rings. The molecule has 1 fully saturated rings. The first-order valence-electron chi connectivity index (χ1n) is 12.2. The summed E-state index contributed by atoms with van der Waals surface area (Å²) in [4.78, 5) is 23.2. The van der Waals surface area contributed by atoms with E-state index < -0.39 is 11.7 Å². The molecule has 1 aliphatic rings. The number of carbonyl (C=O) groups excluding carboxylic acids is 2. The molecule has 0 spiro atoms. The maximum Gasteiger partial charge on any atom is 0.313 e. The van der Waals surface area contributed by atoms with E-state index >= 15 is 0 Å². The van der Waals surface area contributed by atoms with Gasteiger partial charge < -0.3 is 15.6 Å². The van der Waals surface area contributed by atoms with E-state index in [1.807, 2.05) is 78.9 Å². The number of rotatable bonds is 8. The summed E-state index contributed by atoms with van der Waals surface area (Å²) in [7, 11) is 0. The highest BCUT2D eigenvalue weighted by atomic mass is 16.6. The normalized spacial score (nSPS) is 19.2. The third kappa shape index (κ3) is 7.88. The Balaban J connectivity index is 0.000000198. The Kier molecular flexibility index (Phi) is 9.76. The lowest BCUT2D eigenvalue weighted by Crippen LogP contribution is -2.43. The van der Waals surface area contributed by atoms with Gasteiger partial charge in [0.2, 0.25) is 0 Å². The van der Waals surface area contributed by atoms with Crippen molar-refractivity contribution in [3.05, 3.63) is 108 Å². The maximum absolute atomic E-state index is 11.7. The largest absolute Gasteiger partial charge is 0.458 e. The molecule has 0 aromatic heterocycles. The van der Waals surface area contributed by atoms with Crippen LogP contribution in [-0.4, -0.2) is 22.5 Å². The molecule has 1 saturated heterocycles. The van der Waals surface area contributed by atoms with E-state index in [1.54, 1.807) is 0 Å². The smallest absolute Gasteiger partial charge is 0.313 e. The lowest BCUT2D eigenvalue weighted by Gasteiger charge is -2.36. The Hall–Kier alpha value is -3.28. The standard InChI is InChI=1S/C16H20O3.C14H15NO/c1-2-9-16(12-14(17)11-15(18)19-16)10-8-13-6-4-3-5-7-13;15-13(11-7-3-1-4-8-11)14(16)12-9-5-2-6-10-12/h3-7H,2,8-12H2,1H3;1-10,13-14,16H,15H2/t16-;13-,14+/m00/s1. The van der Waals surface area contributed by atoms with Crippen LogP contribution in [0.5, 0.6) is 0 Å². The van der Waals surface area contributed by atoms with Gasteiger partial charge in [0.15, 0.2) is 0 Å². The molecule has 0 bridgehead atoms. The second-order valence-corrected chi connectivity index (χ2v) is 9.08. The number of hydrogen-bond acceptors (Lipinski definition) is 5. The second-order valence-electron chi connectivity index (χ2n) is 9.08. The van der Waals surface area contributed by atoms with E-state index in [1.165, 1.54) is 5.56 Å². The average molecular weight is 474 g/mol. The summed E-state index contributed by atoms with van der Waals surface area (Å²) in [5.41, 5.74) is 8.45. The van der Waals surface area contributed by atoms with Gasteiger partial charge in [-0.2, -0.15) is 0 Å². The number of Topliss-reactive ketones (excluding diaryl/α,β-unsaturated/α-hetero) is 1. The highest BCUT2D eigenvalue weighted by Crippen LogP contribution is 2.33. The summed E-state index contributed by atoms with van der Waals surface area (Å²) in [6, 6.07) is 28.8. The first-order valence-corrected chi connectivity index (χ1v) is 12.2. The molecule has 0 radical (unpaired) electrons. The summed E-state index contributed by atoms with van der Waals surface area (Å²) in [5.74, 6) is -0.351. The number of cyclic esters (lactones) is 1. The first kappa shape index (κ1) is 26.3.